The molecule has 0 N–H and O–H groups in total. The number of thiophene rings is 1. The van der Waals surface area contributed by atoms with E-state index in [9.17, 15) is 0 Å². The Morgan fingerprint density at radius 1 is 1.43 bits per heavy atom. The minimum atomic E-state index is 0.503. The summed E-state index contributed by atoms with van der Waals surface area (Å²) < 4.78 is 0. The number of hydrogen-bond donors (Lipinski definition) is 0. The number of rotatable bonds is 3. The van der Waals surface area contributed by atoms with Gasteiger partial charge in [-0.25, -0.2) is 0 Å². The third-order valence-electron chi connectivity index (χ3n) is 1.77. The monoisotopic (exact) mass is 207 g/mol. The summed E-state index contributed by atoms with van der Waals surface area (Å²) in [7, 11) is 0. The minimum Gasteiger partial charge on any atom is -0.260 e. The van der Waals surface area contributed by atoms with Crippen LogP contribution in [0.3, 0.4) is 0 Å². The standard InChI is InChI=1S/C12H17NS/c1-9(2)7-13-12(10(3)4)11-5-6-14-8-11/h5-9H,1-4H3. The molecule has 0 atom stereocenters. The summed E-state index contributed by atoms with van der Waals surface area (Å²) in [6.45, 7) is 8.48. The lowest BCUT2D eigenvalue weighted by molar-refractivity contribution is 0.907. The summed E-state index contributed by atoms with van der Waals surface area (Å²) in [5, 5.41) is 4.23. The predicted octanol–water partition coefficient (Wildman–Crippen LogP) is 4.23. The van der Waals surface area contributed by atoms with Crippen LogP contribution in [0, 0.1) is 5.92 Å². The Morgan fingerprint density at radius 2 is 2.14 bits per heavy atom. The predicted molar refractivity (Wildman–Crippen MR) is 65.9 cm³/mol. The molecule has 0 saturated heterocycles. The molecule has 0 unspecified atom stereocenters. The molecule has 1 heterocycles. The highest BCUT2D eigenvalue weighted by molar-refractivity contribution is 7.08. The molecule has 1 rings (SSSR count). The van der Waals surface area contributed by atoms with Gasteiger partial charge in [0.15, 0.2) is 0 Å². The number of allylic oxidation sites excluding steroid dienone is 1. The van der Waals surface area contributed by atoms with E-state index in [0.717, 1.165) is 5.70 Å². The number of aliphatic imine (C=N–C) groups is 1. The van der Waals surface area contributed by atoms with E-state index in [0.29, 0.717) is 5.92 Å². The maximum Gasteiger partial charge on any atom is 0.0692 e. The van der Waals surface area contributed by atoms with Gasteiger partial charge in [-0.2, -0.15) is 11.3 Å². The van der Waals surface area contributed by atoms with Gasteiger partial charge in [0.25, 0.3) is 0 Å². The van der Waals surface area contributed by atoms with E-state index in [1.54, 1.807) is 11.3 Å². The summed E-state index contributed by atoms with van der Waals surface area (Å²) in [4.78, 5) is 4.53. The van der Waals surface area contributed by atoms with Gasteiger partial charge in [0.2, 0.25) is 0 Å². The van der Waals surface area contributed by atoms with Crippen LogP contribution >= 0.6 is 11.3 Å². The second-order valence-corrected chi connectivity index (χ2v) is 4.66. The van der Waals surface area contributed by atoms with Crippen LogP contribution in [-0.4, -0.2) is 6.21 Å². The molecule has 0 aliphatic rings. The minimum absolute atomic E-state index is 0.503. The molecule has 1 nitrogen and oxygen atoms in total. The van der Waals surface area contributed by atoms with E-state index in [1.807, 2.05) is 6.21 Å². The Morgan fingerprint density at radius 3 is 2.57 bits per heavy atom. The van der Waals surface area contributed by atoms with Crippen LogP contribution in [-0.2, 0) is 0 Å². The highest BCUT2D eigenvalue weighted by Crippen LogP contribution is 2.22. The van der Waals surface area contributed by atoms with Gasteiger partial charge >= 0.3 is 0 Å². The summed E-state index contributed by atoms with van der Waals surface area (Å²) in [5.41, 5.74) is 3.60. The fourth-order valence-electron chi connectivity index (χ4n) is 1.12. The first-order chi connectivity index (χ1) is 6.61. The normalized spacial score (nSPS) is 11.2. The molecule has 0 spiro atoms. The van der Waals surface area contributed by atoms with Gasteiger partial charge in [-0.05, 0) is 31.2 Å². The first-order valence-electron chi connectivity index (χ1n) is 4.85. The Hall–Kier alpha value is -0.890. The summed E-state index contributed by atoms with van der Waals surface area (Å²) in [6, 6.07) is 2.12. The van der Waals surface area contributed by atoms with E-state index < -0.39 is 0 Å². The van der Waals surface area contributed by atoms with E-state index in [-0.39, 0.29) is 0 Å². The Bertz CT molecular complexity index is 327. The highest BCUT2D eigenvalue weighted by Gasteiger charge is 2.01. The van der Waals surface area contributed by atoms with Gasteiger partial charge in [0.1, 0.15) is 0 Å². The maximum atomic E-state index is 4.53. The van der Waals surface area contributed by atoms with Gasteiger partial charge in [-0.15, -0.1) is 0 Å². The van der Waals surface area contributed by atoms with E-state index in [1.165, 1.54) is 11.1 Å². The molecule has 1 aromatic rings. The molecule has 0 radical (unpaired) electrons. The highest BCUT2D eigenvalue weighted by atomic mass is 32.1. The molecule has 2 heteroatoms. The van der Waals surface area contributed by atoms with Gasteiger partial charge in [-0.3, -0.25) is 4.99 Å². The lowest BCUT2D eigenvalue weighted by Gasteiger charge is -2.02. The molecule has 14 heavy (non-hydrogen) atoms. The fourth-order valence-corrected chi connectivity index (χ4v) is 1.76. The van der Waals surface area contributed by atoms with Gasteiger partial charge in [0, 0.05) is 17.2 Å². The first kappa shape index (κ1) is 11.2. The maximum absolute atomic E-state index is 4.53. The van der Waals surface area contributed by atoms with Gasteiger partial charge < -0.3 is 0 Å². The number of nitrogens with zero attached hydrogens (tertiary/aromatic N) is 1. The largest absolute Gasteiger partial charge is 0.260 e. The zero-order chi connectivity index (χ0) is 10.6. The fraction of sp³-hybridized carbons (Fsp3) is 0.417. The van der Waals surface area contributed by atoms with Crippen molar-refractivity contribution in [3.8, 4) is 0 Å². The Labute approximate surface area is 90.2 Å². The summed E-state index contributed by atoms with van der Waals surface area (Å²) in [5.74, 6) is 0.503. The van der Waals surface area contributed by atoms with Crippen molar-refractivity contribution in [3.63, 3.8) is 0 Å². The number of hydrogen-bond acceptors (Lipinski definition) is 2. The van der Waals surface area contributed by atoms with E-state index in [4.69, 9.17) is 0 Å². The lowest BCUT2D eigenvalue weighted by Crippen LogP contribution is -1.89. The molecule has 76 valence electrons. The molecular weight excluding hydrogens is 190 g/mol. The summed E-state index contributed by atoms with van der Waals surface area (Å²) >= 11 is 1.71. The third kappa shape index (κ3) is 3.11. The zero-order valence-electron chi connectivity index (χ0n) is 9.24. The molecule has 1 aromatic heterocycles. The zero-order valence-corrected chi connectivity index (χ0v) is 10.1. The van der Waals surface area contributed by atoms with Crippen LogP contribution in [0.2, 0.25) is 0 Å². The van der Waals surface area contributed by atoms with Crippen LogP contribution in [0.1, 0.15) is 33.3 Å². The van der Waals surface area contributed by atoms with Crippen LogP contribution in [0.15, 0.2) is 27.4 Å². The second kappa shape index (κ2) is 5.11. The van der Waals surface area contributed by atoms with Crippen molar-refractivity contribution < 1.29 is 0 Å². The smallest absolute Gasteiger partial charge is 0.0692 e. The van der Waals surface area contributed by atoms with Crippen LogP contribution < -0.4 is 0 Å². The van der Waals surface area contributed by atoms with Gasteiger partial charge in [-0.1, -0.05) is 19.4 Å². The molecule has 0 aliphatic carbocycles. The van der Waals surface area contributed by atoms with Crippen molar-refractivity contribution in [3.05, 3.63) is 28.0 Å². The quantitative estimate of drug-likeness (QED) is 0.658. The second-order valence-electron chi connectivity index (χ2n) is 3.88. The first-order valence-corrected chi connectivity index (χ1v) is 5.79. The summed E-state index contributed by atoms with van der Waals surface area (Å²) in [6.07, 6.45) is 2.00. The lowest BCUT2D eigenvalue weighted by atomic mass is 10.1. The molecule has 0 fully saturated rings. The third-order valence-corrected chi connectivity index (χ3v) is 2.45. The molecule has 0 aromatic carbocycles. The van der Waals surface area contributed by atoms with Crippen molar-refractivity contribution in [2.45, 2.75) is 27.7 Å². The Kier molecular flexibility index (Phi) is 4.08. The molecule has 0 aliphatic heterocycles. The van der Waals surface area contributed by atoms with Crippen molar-refractivity contribution >= 4 is 23.2 Å². The topological polar surface area (TPSA) is 12.4 Å². The van der Waals surface area contributed by atoms with Crippen molar-refractivity contribution in [1.82, 2.24) is 0 Å². The van der Waals surface area contributed by atoms with Crippen LogP contribution in [0.5, 0.6) is 0 Å². The van der Waals surface area contributed by atoms with E-state index in [2.05, 4.69) is 49.5 Å². The van der Waals surface area contributed by atoms with E-state index >= 15 is 0 Å². The molecule has 0 saturated carbocycles. The van der Waals surface area contributed by atoms with Crippen molar-refractivity contribution in [1.29, 1.82) is 0 Å². The average molecular weight is 207 g/mol. The average Bonchev–Trinajstić information content (AvgIpc) is 2.56. The van der Waals surface area contributed by atoms with Crippen molar-refractivity contribution in [2.24, 2.45) is 10.9 Å². The SMILES string of the molecule is CC(C)=C(N=CC(C)C)c1ccsc1. The molecule has 0 amide bonds. The van der Waals surface area contributed by atoms with Crippen molar-refractivity contribution in [2.75, 3.05) is 0 Å². The molecule has 0 bridgehead atoms. The molecular formula is C12H17NS. The van der Waals surface area contributed by atoms with Crippen LogP contribution in [0.4, 0.5) is 0 Å². The Balaban J connectivity index is 2.94. The van der Waals surface area contributed by atoms with Gasteiger partial charge in [0.05, 0.1) is 5.70 Å². The van der Waals surface area contributed by atoms with Crippen LogP contribution in [0.25, 0.3) is 5.70 Å².